The summed E-state index contributed by atoms with van der Waals surface area (Å²) in [6.07, 6.45) is 6.82. The highest BCUT2D eigenvalue weighted by molar-refractivity contribution is 5.42. The van der Waals surface area contributed by atoms with Crippen LogP contribution in [0.1, 0.15) is 39.0 Å². The van der Waals surface area contributed by atoms with Gasteiger partial charge in [0.05, 0.1) is 12.7 Å². The van der Waals surface area contributed by atoms with Gasteiger partial charge in [0.2, 0.25) is 0 Å². The fraction of sp³-hybridized carbons (Fsp3) is 0.625. The number of benzene rings is 1. The van der Waals surface area contributed by atoms with E-state index in [0.29, 0.717) is 6.10 Å². The molecular weight excluding hydrogens is 241 g/mol. The van der Waals surface area contributed by atoms with E-state index in [2.05, 4.69) is 12.2 Å². The van der Waals surface area contributed by atoms with Crippen LogP contribution in [0.4, 0.5) is 10.1 Å². The maximum absolute atomic E-state index is 12.7. The Kier molecular flexibility index (Phi) is 5.64. The summed E-state index contributed by atoms with van der Waals surface area (Å²) >= 11 is 0. The molecule has 0 saturated heterocycles. The van der Waals surface area contributed by atoms with Crippen LogP contribution in [-0.4, -0.2) is 19.3 Å². The molecule has 2 atom stereocenters. The van der Waals surface area contributed by atoms with E-state index in [1.165, 1.54) is 44.2 Å². The smallest absolute Gasteiger partial charge is 0.123 e. The second kappa shape index (κ2) is 7.49. The van der Waals surface area contributed by atoms with Crippen LogP contribution >= 0.6 is 0 Å². The molecular formula is C16H24FNO. The summed E-state index contributed by atoms with van der Waals surface area (Å²) in [7, 11) is 0. The minimum Gasteiger partial charge on any atom is -0.383 e. The van der Waals surface area contributed by atoms with Gasteiger partial charge in [-0.15, -0.1) is 0 Å². The highest BCUT2D eigenvalue weighted by Gasteiger charge is 2.23. The van der Waals surface area contributed by atoms with Crippen molar-refractivity contribution < 1.29 is 9.13 Å². The number of nitrogens with one attached hydrogen (secondary N) is 1. The van der Waals surface area contributed by atoms with Gasteiger partial charge >= 0.3 is 0 Å². The number of ether oxygens (including phenoxy) is 1. The number of hydrogen-bond acceptors (Lipinski definition) is 2. The third-order valence-corrected chi connectivity index (χ3v) is 3.97. The van der Waals surface area contributed by atoms with Gasteiger partial charge in [0, 0.05) is 12.2 Å². The topological polar surface area (TPSA) is 21.3 Å². The van der Waals surface area contributed by atoms with Crippen molar-refractivity contribution >= 4 is 5.69 Å². The minimum absolute atomic E-state index is 0.199. The largest absolute Gasteiger partial charge is 0.383 e. The van der Waals surface area contributed by atoms with Crippen LogP contribution in [0.2, 0.25) is 0 Å². The first-order valence-corrected chi connectivity index (χ1v) is 7.40. The second-order valence-corrected chi connectivity index (χ2v) is 5.30. The Bertz CT molecular complexity index is 366. The molecule has 1 saturated carbocycles. The maximum atomic E-state index is 12.7. The van der Waals surface area contributed by atoms with Gasteiger partial charge in [-0.3, -0.25) is 0 Å². The zero-order valence-corrected chi connectivity index (χ0v) is 11.7. The Balaban J connectivity index is 1.67. The molecule has 0 spiro atoms. The molecule has 2 rings (SSSR count). The van der Waals surface area contributed by atoms with E-state index in [0.717, 1.165) is 24.8 Å². The van der Waals surface area contributed by atoms with Crippen molar-refractivity contribution in [3.63, 3.8) is 0 Å². The van der Waals surface area contributed by atoms with E-state index in [1.54, 1.807) is 12.1 Å². The van der Waals surface area contributed by atoms with Crippen LogP contribution in [0.25, 0.3) is 0 Å². The van der Waals surface area contributed by atoms with Gasteiger partial charge in [-0.2, -0.15) is 0 Å². The van der Waals surface area contributed by atoms with Gasteiger partial charge < -0.3 is 10.1 Å². The average molecular weight is 265 g/mol. The van der Waals surface area contributed by atoms with Crippen molar-refractivity contribution in [1.29, 1.82) is 0 Å². The van der Waals surface area contributed by atoms with Gasteiger partial charge in [-0.05, 0) is 43.0 Å². The van der Waals surface area contributed by atoms with Crippen molar-refractivity contribution in [2.45, 2.75) is 45.1 Å². The van der Waals surface area contributed by atoms with Gasteiger partial charge in [-0.1, -0.05) is 26.2 Å². The molecule has 1 aromatic carbocycles. The fourth-order valence-corrected chi connectivity index (χ4v) is 2.83. The number of anilines is 1. The lowest BCUT2D eigenvalue weighted by molar-refractivity contribution is -0.00688. The van der Waals surface area contributed by atoms with E-state index in [4.69, 9.17) is 4.74 Å². The minimum atomic E-state index is -0.199. The standard InChI is InChI=1S/C16H24FNO/c1-2-13-5-3-4-6-16(13)19-12-11-18-15-9-7-14(17)8-10-15/h7-10,13,16,18H,2-6,11-12H2,1H3. The highest BCUT2D eigenvalue weighted by Crippen LogP contribution is 2.28. The molecule has 1 aliphatic rings. The molecule has 1 aliphatic carbocycles. The van der Waals surface area contributed by atoms with E-state index in [9.17, 15) is 4.39 Å². The average Bonchev–Trinajstić information content (AvgIpc) is 2.46. The number of rotatable bonds is 6. The Morgan fingerprint density at radius 3 is 2.68 bits per heavy atom. The van der Waals surface area contributed by atoms with E-state index < -0.39 is 0 Å². The van der Waals surface area contributed by atoms with Crippen LogP contribution < -0.4 is 5.32 Å². The van der Waals surface area contributed by atoms with Crippen molar-refractivity contribution in [2.24, 2.45) is 5.92 Å². The number of halogens is 1. The summed E-state index contributed by atoms with van der Waals surface area (Å²) < 4.78 is 18.7. The van der Waals surface area contributed by atoms with Crippen molar-refractivity contribution in [3.8, 4) is 0 Å². The molecule has 2 unspecified atom stereocenters. The summed E-state index contributed by atoms with van der Waals surface area (Å²) in [5, 5.41) is 3.25. The summed E-state index contributed by atoms with van der Waals surface area (Å²) in [5.74, 6) is 0.536. The molecule has 3 heteroatoms. The number of hydrogen-bond donors (Lipinski definition) is 1. The van der Waals surface area contributed by atoms with Crippen molar-refractivity contribution in [2.75, 3.05) is 18.5 Å². The molecule has 0 radical (unpaired) electrons. The third kappa shape index (κ3) is 4.50. The molecule has 0 aromatic heterocycles. The van der Waals surface area contributed by atoms with Gasteiger partial charge in [-0.25, -0.2) is 4.39 Å². The maximum Gasteiger partial charge on any atom is 0.123 e. The van der Waals surface area contributed by atoms with E-state index in [1.807, 2.05) is 0 Å². The summed E-state index contributed by atoms with van der Waals surface area (Å²) in [6, 6.07) is 6.45. The SMILES string of the molecule is CCC1CCCCC1OCCNc1ccc(F)cc1. The normalized spacial score (nSPS) is 23.3. The molecule has 1 aromatic rings. The van der Waals surface area contributed by atoms with Crippen molar-refractivity contribution in [3.05, 3.63) is 30.1 Å². The lowest BCUT2D eigenvalue weighted by Crippen LogP contribution is -2.29. The van der Waals surface area contributed by atoms with Crippen LogP contribution in [0, 0.1) is 11.7 Å². The molecule has 19 heavy (non-hydrogen) atoms. The highest BCUT2D eigenvalue weighted by atomic mass is 19.1. The summed E-state index contributed by atoms with van der Waals surface area (Å²) in [6.45, 7) is 3.75. The van der Waals surface area contributed by atoms with Crippen molar-refractivity contribution in [1.82, 2.24) is 0 Å². The van der Waals surface area contributed by atoms with Gasteiger partial charge in [0.1, 0.15) is 5.82 Å². The Morgan fingerprint density at radius 2 is 1.95 bits per heavy atom. The fourth-order valence-electron chi connectivity index (χ4n) is 2.83. The predicted octanol–water partition coefficient (Wildman–Crippen LogP) is 4.22. The third-order valence-electron chi connectivity index (χ3n) is 3.97. The van der Waals surface area contributed by atoms with E-state index >= 15 is 0 Å². The molecule has 0 amide bonds. The van der Waals surface area contributed by atoms with Crippen LogP contribution in [0.15, 0.2) is 24.3 Å². The van der Waals surface area contributed by atoms with Gasteiger partial charge in [0.25, 0.3) is 0 Å². The predicted molar refractivity (Wildman–Crippen MR) is 76.9 cm³/mol. The lowest BCUT2D eigenvalue weighted by Gasteiger charge is -2.30. The van der Waals surface area contributed by atoms with Gasteiger partial charge in [0.15, 0.2) is 0 Å². The Labute approximate surface area is 115 Å². The lowest BCUT2D eigenvalue weighted by atomic mass is 9.85. The zero-order valence-electron chi connectivity index (χ0n) is 11.7. The Morgan fingerprint density at radius 1 is 1.21 bits per heavy atom. The van der Waals surface area contributed by atoms with Crippen LogP contribution in [-0.2, 0) is 4.74 Å². The molecule has 0 bridgehead atoms. The molecule has 106 valence electrons. The zero-order chi connectivity index (χ0) is 13.5. The monoisotopic (exact) mass is 265 g/mol. The quantitative estimate of drug-likeness (QED) is 0.777. The first-order valence-electron chi connectivity index (χ1n) is 7.40. The molecule has 0 heterocycles. The summed E-state index contributed by atoms with van der Waals surface area (Å²) in [5.41, 5.74) is 0.945. The molecule has 1 N–H and O–H groups in total. The van der Waals surface area contributed by atoms with Crippen LogP contribution in [0.5, 0.6) is 0 Å². The molecule has 0 aliphatic heterocycles. The molecule has 2 nitrogen and oxygen atoms in total. The first kappa shape index (κ1) is 14.3. The van der Waals surface area contributed by atoms with E-state index in [-0.39, 0.29) is 5.82 Å². The Hall–Kier alpha value is -1.09. The summed E-state index contributed by atoms with van der Waals surface area (Å²) in [4.78, 5) is 0. The first-order chi connectivity index (χ1) is 9.29. The second-order valence-electron chi connectivity index (χ2n) is 5.30. The van der Waals surface area contributed by atoms with Crippen LogP contribution in [0.3, 0.4) is 0 Å². The molecule has 1 fully saturated rings.